The molecule has 0 aromatic heterocycles. The molecule has 2 atom stereocenters. The van der Waals surface area contributed by atoms with Crippen LogP contribution >= 0.6 is 7.82 Å². The summed E-state index contributed by atoms with van der Waals surface area (Å²) in [5.74, 6) is -0.918. The van der Waals surface area contributed by atoms with Crippen molar-refractivity contribution in [3.63, 3.8) is 0 Å². The monoisotopic (exact) mass is 456 g/mol. The lowest BCUT2D eigenvalue weighted by molar-refractivity contribution is -0.870. The van der Waals surface area contributed by atoms with Crippen molar-refractivity contribution >= 4 is 19.8 Å². The Kier molecular flexibility index (Phi) is 17.3. The first kappa shape index (κ1) is 31.2. The van der Waals surface area contributed by atoms with Gasteiger partial charge in [0, 0.05) is 12.8 Å². The van der Waals surface area contributed by atoms with E-state index in [0.717, 1.165) is 32.1 Å². The number of phosphoric ester groups is 1. The number of likely N-dealkylation sites (N-methyl/N-ethyl adjacent to an activating group) is 1. The first-order valence-corrected chi connectivity index (χ1v) is 11.8. The lowest BCUT2D eigenvalue weighted by Crippen LogP contribution is -2.37. The van der Waals surface area contributed by atoms with Crippen molar-refractivity contribution in [1.29, 1.82) is 0 Å². The van der Waals surface area contributed by atoms with Crippen molar-refractivity contribution in [3.8, 4) is 0 Å². The Labute approximate surface area is 182 Å². The average Bonchev–Trinajstić information content (AvgIpc) is 2.62. The third kappa shape index (κ3) is 19.0. The van der Waals surface area contributed by atoms with Crippen LogP contribution in [-0.2, 0) is 32.7 Å². The lowest BCUT2D eigenvalue weighted by Gasteiger charge is -2.24. The number of carbonyl (C=O) groups is 2. The summed E-state index contributed by atoms with van der Waals surface area (Å²) in [7, 11) is 1.46. The zero-order valence-electron chi connectivity index (χ0n) is 18.6. The van der Waals surface area contributed by atoms with Crippen LogP contribution in [0.25, 0.3) is 0 Å². The second-order valence-electron chi connectivity index (χ2n) is 7.92. The summed E-state index contributed by atoms with van der Waals surface area (Å²) >= 11 is 0. The minimum Gasteiger partial charge on any atom is -0.462 e. The van der Waals surface area contributed by atoms with E-state index in [1.807, 2.05) is 21.1 Å². The van der Waals surface area contributed by atoms with Crippen LogP contribution in [0.4, 0.5) is 0 Å². The van der Waals surface area contributed by atoms with Gasteiger partial charge in [-0.15, -0.1) is 0 Å². The number of esters is 2. The second-order valence-corrected chi connectivity index (χ2v) is 9.38. The number of rotatable bonds is 17. The molecule has 0 aliphatic heterocycles. The topological polar surface area (TPSA) is 108 Å². The SMILES string of the molecule is C.CCCCCCCC(=O)OC[C@@H](COP(=O)(O)OCC[N+](C)(C)C)OC(=O)CC. The molecule has 0 aromatic carbocycles. The molecule has 0 spiro atoms. The third-order valence-corrected chi connectivity index (χ3v) is 4.93. The maximum atomic E-state index is 12.0. The van der Waals surface area contributed by atoms with Crippen molar-refractivity contribution < 1.29 is 42.1 Å². The Balaban J connectivity index is 0. The van der Waals surface area contributed by atoms with Crippen LogP contribution < -0.4 is 0 Å². The molecule has 0 amide bonds. The van der Waals surface area contributed by atoms with E-state index in [4.69, 9.17) is 18.5 Å². The smallest absolute Gasteiger partial charge is 0.462 e. The number of unbranched alkanes of at least 4 members (excludes halogenated alkanes) is 4. The summed E-state index contributed by atoms with van der Waals surface area (Å²) in [4.78, 5) is 33.2. The number of carbonyl (C=O) groups excluding carboxylic acids is 2. The Hall–Kier alpha value is -0.990. The zero-order chi connectivity index (χ0) is 22.3. The molecule has 0 saturated carbocycles. The van der Waals surface area contributed by atoms with Crippen molar-refractivity contribution in [2.75, 3.05) is 47.5 Å². The molecule has 0 aliphatic rings. The summed E-state index contributed by atoms with van der Waals surface area (Å²) in [5, 5.41) is 0. The number of hydrogen-bond acceptors (Lipinski definition) is 7. The summed E-state index contributed by atoms with van der Waals surface area (Å²) in [6, 6.07) is 0. The Morgan fingerprint density at radius 1 is 0.967 bits per heavy atom. The highest BCUT2D eigenvalue weighted by Crippen LogP contribution is 2.43. The molecule has 180 valence electrons. The van der Waals surface area contributed by atoms with Gasteiger partial charge in [-0.3, -0.25) is 18.6 Å². The summed E-state index contributed by atoms with van der Waals surface area (Å²) in [6.45, 7) is 3.63. The van der Waals surface area contributed by atoms with Crippen LogP contribution in [0.3, 0.4) is 0 Å². The molecular formula is C20H43NO8P+. The Bertz CT molecular complexity index is 521. The van der Waals surface area contributed by atoms with E-state index < -0.39 is 32.5 Å². The van der Waals surface area contributed by atoms with E-state index in [9.17, 15) is 19.0 Å². The summed E-state index contributed by atoms with van der Waals surface area (Å²) in [5.41, 5.74) is 0. The van der Waals surface area contributed by atoms with Crippen molar-refractivity contribution in [2.45, 2.75) is 72.3 Å². The number of hydrogen-bond donors (Lipinski definition) is 1. The molecular weight excluding hydrogens is 413 g/mol. The molecule has 1 unspecified atom stereocenters. The normalized spacial score (nSPS) is 14.3. The fourth-order valence-electron chi connectivity index (χ4n) is 2.16. The average molecular weight is 457 g/mol. The molecule has 9 nitrogen and oxygen atoms in total. The van der Waals surface area contributed by atoms with Crippen molar-refractivity contribution in [1.82, 2.24) is 0 Å². The summed E-state index contributed by atoms with van der Waals surface area (Å²) in [6.07, 6.45) is 4.47. The van der Waals surface area contributed by atoms with Crippen LogP contribution in [0, 0.1) is 0 Å². The number of nitrogens with zero attached hydrogens (tertiary/aromatic N) is 1. The van der Waals surface area contributed by atoms with E-state index in [1.54, 1.807) is 6.92 Å². The first-order chi connectivity index (χ1) is 13.5. The molecule has 0 bridgehead atoms. The fourth-order valence-corrected chi connectivity index (χ4v) is 2.90. The van der Waals surface area contributed by atoms with E-state index in [1.165, 1.54) is 0 Å². The molecule has 0 fully saturated rings. The molecule has 30 heavy (non-hydrogen) atoms. The minimum absolute atomic E-state index is 0. The molecule has 1 N–H and O–H groups in total. The predicted octanol–water partition coefficient (Wildman–Crippen LogP) is 3.69. The largest absolute Gasteiger partial charge is 0.472 e. The van der Waals surface area contributed by atoms with Crippen LogP contribution in [0.1, 0.15) is 66.2 Å². The molecule has 0 heterocycles. The van der Waals surface area contributed by atoms with Gasteiger partial charge in [-0.05, 0) is 6.42 Å². The van der Waals surface area contributed by atoms with Crippen molar-refractivity contribution in [2.24, 2.45) is 0 Å². The van der Waals surface area contributed by atoms with Crippen molar-refractivity contribution in [3.05, 3.63) is 0 Å². The van der Waals surface area contributed by atoms with Gasteiger partial charge in [-0.2, -0.15) is 0 Å². The molecule has 0 radical (unpaired) electrons. The standard InChI is InChI=1S/C19H38NO8P.CH4/c1-6-8-9-10-11-12-19(22)25-15-17(28-18(21)7-2)16-27-29(23,24)26-14-13-20(3,4)5;/h17H,6-16H2,1-5H3;1H4/p+1/t17-;/m0./s1. The highest BCUT2D eigenvalue weighted by atomic mass is 31.2. The fraction of sp³-hybridized carbons (Fsp3) is 0.900. The van der Waals surface area contributed by atoms with Gasteiger partial charge in [-0.1, -0.05) is 47.0 Å². The zero-order valence-corrected chi connectivity index (χ0v) is 19.4. The number of ether oxygens (including phenoxy) is 2. The molecule has 0 aromatic rings. The van der Waals surface area contributed by atoms with E-state index in [0.29, 0.717) is 11.0 Å². The van der Waals surface area contributed by atoms with Gasteiger partial charge < -0.3 is 18.9 Å². The van der Waals surface area contributed by atoms with E-state index in [2.05, 4.69) is 6.92 Å². The van der Waals surface area contributed by atoms with Gasteiger partial charge in [0.15, 0.2) is 6.10 Å². The Morgan fingerprint density at radius 2 is 1.60 bits per heavy atom. The van der Waals surface area contributed by atoms with Gasteiger partial charge in [0.2, 0.25) is 0 Å². The first-order valence-electron chi connectivity index (χ1n) is 10.3. The quantitative estimate of drug-likeness (QED) is 0.153. The maximum absolute atomic E-state index is 12.0. The van der Waals surface area contributed by atoms with E-state index >= 15 is 0 Å². The lowest BCUT2D eigenvalue weighted by atomic mass is 10.1. The Morgan fingerprint density at radius 3 is 2.17 bits per heavy atom. The molecule has 0 rings (SSSR count). The van der Waals surface area contributed by atoms with Gasteiger partial charge in [0.1, 0.15) is 19.8 Å². The van der Waals surface area contributed by atoms with Gasteiger partial charge in [0.05, 0.1) is 27.7 Å². The van der Waals surface area contributed by atoms with Crippen LogP contribution in [-0.4, -0.2) is 74.9 Å². The highest BCUT2D eigenvalue weighted by Gasteiger charge is 2.26. The predicted molar refractivity (Wildman–Crippen MR) is 116 cm³/mol. The van der Waals surface area contributed by atoms with Crippen LogP contribution in [0.15, 0.2) is 0 Å². The van der Waals surface area contributed by atoms with Gasteiger partial charge >= 0.3 is 19.8 Å². The second kappa shape index (κ2) is 16.7. The minimum atomic E-state index is -4.30. The number of quaternary nitrogens is 1. The molecule has 0 saturated heterocycles. The molecule has 0 aliphatic carbocycles. The van der Waals surface area contributed by atoms with E-state index in [-0.39, 0.29) is 33.5 Å². The van der Waals surface area contributed by atoms with Gasteiger partial charge in [0.25, 0.3) is 0 Å². The highest BCUT2D eigenvalue weighted by molar-refractivity contribution is 7.47. The molecule has 10 heteroatoms. The number of phosphoric acid groups is 1. The maximum Gasteiger partial charge on any atom is 0.472 e. The third-order valence-electron chi connectivity index (χ3n) is 3.94. The van der Waals surface area contributed by atoms with Crippen LogP contribution in [0.5, 0.6) is 0 Å². The summed E-state index contributed by atoms with van der Waals surface area (Å²) < 4.78 is 32.7. The van der Waals surface area contributed by atoms with Gasteiger partial charge in [-0.25, -0.2) is 4.57 Å². The van der Waals surface area contributed by atoms with Crippen LogP contribution in [0.2, 0.25) is 0 Å².